The summed E-state index contributed by atoms with van der Waals surface area (Å²) in [5.41, 5.74) is 6.07. The van der Waals surface area contributed by atoms with Crippen molar-refractivity contribution in [2.75, 3.05) is 0 Å². The third kappa shape index (κ3) is 2.81. The number of rotatable bonds is 4. The van der Waals surface area contributed by atoms with Crippen molar-refractivity contribution in [1.29, 1.82) is 0 Å². The second kappa shape index (κ2) is 4.98. The minimum absolute atomic E-state index is 0.00284. The lowest BCUT2D eigenvalue weighted by Gasteiger charge is -2.10. The average Bonchev–Trinajstić information content (AvgIpc) is 2.92. The molecule has 0 aliphatic heterocycles. The van der Waals surface area contributed by atoms with E-state index < -0.39 is 10.0 Å². The van der Waals surface area contributed by atoms with E-state index >= 15 is 0 Å². The van der Waals surface area contributed by atoms with Crippen LogP contribution in [-0.2, 0) is 16.6 Å². The van der Waals surface area contributed by atoms with Gasteiger partial charge in [0.25, 0.3) is 0 Å². The molecule has 2 atom stereocenters. The minimum atomic E-state index is -3.61. The van der Waals surface area contributed by atoms with Gasteiger partial charge in [0.1, 0.15) is 4.90 Å². The highest BCUT2D eigenvalue weighted by Crippen LogP contribution is 2.33. The fraction of sp³-hybridized carbons (Fsp3) is 0.455. The van der Waals surface area contributed by atoms with Gasteiger partial charge in [-0.2, -0.15) is 0 Å². The highest BCUT2D eigenvalue weighted by Gasteiger charge is 2.37. The van der Waals surface area contributed by atoms with Crippen molar-refractivity contribution in [3.8, 4) is 0 Å². The molecule has 1 aromatic carbocycles. The zero-order valence-corrected chi connectivity index (χ0v) is 12.1. The van der Waals surface area contributed by atoms with Gasteiger partial charge in [-0.3, -0.25) is 0 Å². The molecular weight excluding hydrogens is 295 g/mol. The largest absolute Gasteiger partial charge is 0.326 e. The Labute approximate surface area is 117 Å². The molecule has 0 spiro atoms. The molecule has 0 saturated heterocycles. The number of nitrogens with one attached hydrogen (secondary N) is 1. The van der Waals surface area contributed by atoms with Gasteiger partial charge in [0.05, 0.1) is 5.02 Å². The van der Waals surface area contributed by atoms with Gasteiger partial charge in [-0.25, -0.2) is 13.1 Å². The van der Waals surface area contributed by atoms with E-state index in [0.29, 0.717) is 16.5 Å². The van der Waals surface area contributed by atoms with Crippen LogP contribution in [0.2, 0.25) is 10.0 Å². The Morgan fingerprint density at radius 2 is 2.00 bits per heavy atom. The van der Waals surface area contributed by atoms with Gasteiger partial charge >= 0.3 is 0 Å². The van der Waals surface area contributed by atoms with Gasteiger partial charge in [0.15, 0.2) is 0 Å². The summed E-state index contributed by atoms with van der Waals surface area (Å²) >= 11 is 11.9. The molecular formula is C11H14Cl2N2O2S. The number of hydrogen-bond acceptors (Lipinski definition) is 3. The van der Waals surface area contributed by atoms with E-state index in [9.17, 15) is 8.42 Å². The first-order valence-corrected chi connectivity index (χ1v) is 7.79. The predicted molar refractivity (Wildman–Crippen MR) is 72.2 cm³/mol. The molecule has 1 fully saturated rings. The lowest BCUT2D eigenvalue weighted by molar-refractivity contribution is 0.578. The molecule has 18 heavy (non-hydrogen) atoms. The highest BCUT2D eigenvalue weighted by molar-refractivity contribution is 7.89. The van der Waals surface area contributed by atoms with E-state index in [4.69, 9.17) is 28.9 Å². The average molecular weight is 309 g/mol. The minimum Gasteiger partial charge on any atom is -0.326 e. The molecule has 1 saturated carbocycles. The lowest BCUT2D eigenvalue weighted by Crippen LogP contribution is -2.27. The zero-order valence-electron chi connectivity index (χ0n) is 9.78. The van der Waals surface area contributed by atoms with Crippen LogP contribution >= 0.6 is 23.2 Å². The number of hydrogen-bond donors (Lipinski definition) is 2. The summed E-state index contributed by atoms with van der Waals surface area (Å²) < 4.78 is 26.9. The van der Waals surface area contributed by atoms with Crippen LogP contribution in [-0.4, -0.2) is 14.5 Å². The van der Waals surface area contributed by atoms with Crippen molar-refractivity contribution >= 4 is 33.2 Å². The third-order valence-corrected chi connectivity index (χ3v) is 5.33. The van der Waals surface area contributed by atoms with Crippen molar-refractivity contribution in [3.63, 3.8) is 0 Å². The van der Waals surface area contributed by atoms with E-state index in [1.165, 1.54) is 12.1 Å². The smallest absolute Gasteiger partial charge is 0.242 e. The van der Waals surface area contributed by atoms with Gasteiger partial charge in [-0.05, 0) is 30.0 Å². The van der Waals surface area contributed by atoms with Crippen molar-refractivity contribution in [2.24, 2.45) is 11.7 Å². The molecule has 0 amide bonds. The van der Waals surface area contributed by atoms with E-state index in [1.54, 1.807) is 0 Å². The maximum absolute atomic E-state index is 12.1. The first-order valence-electron chi connectivity index (χ1n) is 5.55. The molecule has 0 heterocycles. The Bertz CT molecular complexity index is 575. The van der Waals surface area contributed by atoms with Crippen LogP contribution in [0.4, 0.5) is 0 Å². The monoisotopic (exact) mass is 308 g/mol. The molecule has 0 radical (unpaired) electrons. The van der Waals surface area contributed by atoms with Crippen LogP contribution in [0.25, 0.3) is 0 Å². The van der Waals surface area contributed by atoms with Crippen molar-refractivity contribution in [1.82, 2.24) is 4.72 Å². The van der Waals surface area contributed by atoms with E-state index in [-0.39, 0.29) is 22.5 Å². The molecule has 0 aromatic heterocycles. The van der Waals surface area contributed by atoms with Gasteiger partial charge < -0.3 is 5.73 Å². The molecule has 1 aromatic rings. The number of nitrogens with two attached hydrogens (primary N) is 1. The molecule has 7 heteroatoms. The molecule has 2 unspecified atom stereocenters. The van der Waals surface area contributed by atoms with E-state index in [2.05, 4.69) is 4.72 Å². The fourth-order valence-electron chi connectivity index (χ4n) is 1.68. The Morgan fingerprint density at radius 1 is 1.39 bits per heavy atom. The second-order valence-electron chi connectivity index (χ2n) is 4.52. The predicted octanol–water partition coefficient (Wildman–Crippen LogP) is 2.14. The van der Waals surface area contributed by atoms with Crippen LogP contribution in [0.15, 0.2) is 17.0 Å². The zero-order chi connectivity index (χ0) is 13.5. The lowest BCUT2D eigenvalue weighted by atomic mass is 10.2. The molecule has 1 aliphatic carbocycles. The van der Waals surface area contributed by atoms with Crippen LogP contribution in [0.3, 0.4) is 0 Å². The summed E-state index contributed by atoms with van der Waals surface area (Å²) in [6.07, 6.45) is 0.855. The fourth-order valence-corrected chi connectivity index (χ4v) is 3.91. The van der Waals surface area contributed by atoms with Crippen molar-refractivity contribution in [2.45, 2.75) is 30.8 Å². The Morgan fingerprint density at radius 3 is 2.50 bits per heavy atom. The van der Waals surface area contributed by atoms with Crippen LogP contribution < -0.4 is 10.5 Å². The Hall–Kier alpha value is -0.330. The summed E-state index contributed by atoms with van der Waals surface area (Å²) in [6.45, 7) is 2.15. The van der Waals surface area contributed by atoms with Crippen molar-refractivity contribution < 1.29 is 8.42 Å². The van der Waals surface area contributed by atoms with E-state index in [1.807, 2.05) is 6.92 Å². The molecule has 2 rings (SSSR count). The van der Waals surface area contributed by atoms with E-state index in [0.717, 1.165) is 6.42 Å². The van der Waals surface area contributed by atoms with Crippen LogP contribution in [0.5, 0.6) is 0 Å². The van der Waals surface area contributed by atoms with Crippen molar-refractivity contribution in [3.05, 3.63) is 27.7 Å². The normalized spacial score (nSPS) is 23.1. The Kier molecular flexibility index (Phi) is 3.90. The summed E-state index contributed by atoms with van der Waals surface area (Å²) in [5, 5.41) is 0.485. The summed E-state index contributed by atoms with van der Waals surface area (Å²) in [7, 11) is -3.61. The number of halogens is 2. The Balaban J connectivity index is 2.37. The molecule has 0 bridgehead atoms. The van der Waals surface area contributed by atoms with Gasteiger partial charge in [-0.1, -0.05) is 30.1 Å². The maximum Gasteiger partial charge on any atom is 0.242 e. The second-order valence-corrected chi connectivity index (χ2v) is 7.02. The van der Waals surface area contributed by atoms with Crippen LogP contribution in [0.1, 0.15) is 18.9 Å². The van der Waals surface area contributed by atoms with Gasteiger partial charge in [-0.15, -0.1) is 0 Å². The molecule has 3 N–H and O–H groups in total. The summed E-state index contributed by atoms with van der Waals surface area (Å²) in [4.78, 5) is 0.0353. The molecule has 1 aliphatic rings. The quantitative estimate of drug-likeness (QED) is 0.895. The summed E-state index contributed by atoms with van der Waals surface area (Å²) in [6, 6.07) is 2.85. The van der Waals surface area contributed by atoms with Gasteiger partial charge in [0.2, 0.25) is 10.0 Å². The summed E-state index contributed by atoms with van der Waals surface area (Å²) in [5.74, 6) is 0.375. The number of benzene rings is 1. The SMILES string of the molecule is CC1CC1NS(=O)(=O)c1cc(CN)c(Cl)cc1Cl. The first-order chi connectivity index (χ1) is 8.35. The third-order valence-electron chi connectivity index (χ3n) is 3.03. The molecule has 4 nitrogen and oxygen atoms in total. The maximum atomic E-state index is 12.1. The topological polar surface area (TPSA) is 72.2 Å². The molecule has 100 valence electrons. The van der Waals surface area contributed by atoms with Crippen LogP contribution in [0, 0.1) is 5.92 Å². The number of sulfonamides is 1. The van der Waals surface area contributed by atoms with Gasteiger partial charge in [0, 0.05) is 17.6 Å². The standard InChI is InChI=1S/C11H14Cl2N2O2S/c1-6-2-10(6)15-18(16,17)11-3-7(5-14)8(12)4-9(11)13/h3-4,6,10,15H,2,5,14H2,1H3. The highest BCUT2D eigenvalue weighted by atomic mass is 35.5. The first kappa shape index (κ1) is 14.1.